The molecule has 1 atom stereocenters. The Morgan fingerprint density at radius 2 is 2.00 bits per heavy atom. The number of hydrogen-bond acceptors (Lipinski definition) is 1. The summed E-state index contributed by atoms with van der Waals surface area (Å²) in [4.78, 5) is 14.5. The Kier molecular flexibility index (Phi) is 4.79. The van der Waals surface area contributed by atoms with Gasteiger partial charge in [0.1, 0.15) is 11.9 Å². The van der Waals surface area contributed by atoms with Gasteiger partial charge >= 0.3 is 0 Å². The fraction of sp³-hybridized carbons (Fsp3) is 0.421. The molecule has 1 aliphatic rings. The summed E-state index contributed by atoms with van der Waals surface area (Å²) in [5.41, 5.74) is 1.57. The Morgan fingerprint density at radius 3 is 2.78 bits per heavy atom. The van der Waals surface area contributed by atoms with Crippen LogP contribution in [-0.4, -0.2) is 21.9 Å². The van der Waals surface area contributed by atoms with E-state index < -0.39 is 0 Å². The first-order valence-electron chi connectivity index (χ1n) is 8.41. The highest BCUT2D eigenvalue weighted by Crippen LogP contribution is 2.34. The highest BCUT2D eigenvalue weighted by atomic mass is 19.1. The van der Waals surface area contributed by atoms with Crippen molar-refractivity contribution in [2.45, 2.75) is 45.2 Å². The first-order chi connectivity index (χ1) is 11.2. The van der Waals surface area contributed by atoms with Gasteiger partial charge < -0.3 is 9.47 Å². The third-order valence-corrected chi connectivity index (χ3v) is 4.55. The second kappa shape index (κ2) is 6.99. The molecule has 0 spiro atoms. The van der Waals surface area contributed by atoms with Crippen LogP contribution in [0.3, 0.4) is 0 Å². The van der Waals surface area contributed by atoms with Gasteiger partial charge in [0.2, 0.25) is 5.91 Å². The molecule has 1 aromatic carbocycles. The molecule has 23 heavy (non-hydrogen) atoms. The highest BCUT2D eigenvalue weighted by molar-refractivity contribution is 5.77. The Balaban J connectivity index is 1.93. The zero-order valence-corrected chi connectivity index (χ0v) is 13.5. The zero-order valence-electron chi connectivity index (χ0n) is 13.5. The lowest BCUT2D eigenvalue weighted by Gasteiger charge is -2.37. The van der Waals surface area contributed by atoms with Gasteiger partial charge in [0.25, 0.3) is 0 Å². The molecular weight excluding hydrogens is 291 g/mol. The molecule has 0 saturated carbocycles. The van der Waals surface area contributed by atoms with Crippen LogP contribution < -0.4 is 0 Å². The van der Waals surface area contributed by atoms with Gasteiger partial charge in [-0.25, -0.2) is 4.39 Å². The van der Waals surface area contributed by atoms with Gasteiger partial charge in [-0.15, -0.1) is 0 Å². The number of unbranched alkanes of at least 4 members (excludes halogenated alkanes) is 2. The molecule has 0 radical (unpaired) electrons. The summed E-state index contributed by atoms with van der Waals surface area (Å²) in [6.45, 7) is 3.53. The van der Waals surface area contributed by atoms with Crippen molar-refractivity contribution in [2.75, 3.05) is 6.54 Å². The fourth-order valence-electron chi connectivity index (χ4n) is 3.35. The lowest BCUT2D eigenvalue weighted by molar-refractivity contribution is -0.134. The van der Waals surface area contributed by atoms with Gasteiger partial charge in [-0.3, -0.25) is 4.79 Å². The summed E-state index contributed by atoms with van der Waals surface area (Å²) in [6.07, 6.45) is 5.59. The maximum atomic E-state index is 14.4. The number of benzene rings is 1. The fourth-order valence-corrected chi connectivity index (χ4v) is 3.35. The van der Waals surface area contributed by atoms with Gasteiger partial charge in [0.15, 0.2) is 0 Å². The van der Waals surface area contributed by atoms with Crippen LogP contribution >= 0.6 is 0 Å². The van der Waals surface area contributed by atoms with Crippen LogP contribution in [0.15, 0.2) is 42.6 Å². The molecule has 0 bridgehead atoms. The minimum atomic E-state index is -0.325. The summed E-state index contributed by atoms with van der Waals surface area (Å²) >= 11 is 0. The Morgan fingerprint density at radius 1 is 1.17 bits per heavy atom. The molecule has 1 aromatic heterocycles. The smallest absolute Gasteiger partial charge is 0.223 e. The van der Waals surface area contributed by atoms with Crippen molar-refractivity contribution in [3.05, 3.63) is 59.7 Å². The van der Waals surface area contributed by atoms with E-state index >= 15 is 0 Å². The Bertz CT molecular complexity index is 680. The Hall–Kier alpha value is -2.10. The van der Waals surface area contributed by atoms with E-state index in [1.165, 1.54) is 6.07 Å². The maximum Gasteiger partial charge on any atom is 0.223 e. The van der Waals surface area contributed by atoms with Crippen LogP contribution in [0, 0.1) is 5.82 Å². The van der Waals surface area contributed by atoms with E-state index in [0.717, 1.165) is 31.5 Å². The number of rotatable bonds is 5. The lowest BCUT2D eigenvalue weighted by atomic mass is 9.98. The van der Waals surface area contributed by atoms with Crippen molar-refractivity contribution in [1.29, 1.82) is 0 Å². The molecule has 0 fully saturated rings. The quantitative estimate of drug-likeness (QED) is 0.762. The molecule has 1 aliphatic heterocycles. The molecule has 0 aliphatic carbocycles. The van der Waals surface area contributed by atoms with Crippen LogP contribution in [0.1, 0.15) is 49.9 Å². The first-order valence-corrected chi connectivity index (χ1v) is 8.41. The van der Waals surface area contributed by atoms with Crippen LogP contribution in [0.4, 0.5) is 4.39 Å². The van der Waals surface area contributed by atoms with E-state index in [2.05, 4.69) is 11.5 Å². The molecule has 3 nitrogen and oxygen atoms in total. The van der Waals surface area contributed by atoms with Gasteiger partial charge in [-0.1, -0.05) is 38.0 Å². The average Bonchev–Trinajstić information content (AvgIpc) is 3.03. The standard InChI is InChI=1S/C19H23FN2O/c1-2-3-4-11-18(23)22-14-13-21-12-7-10-17(21)19(22)15-8-5-6-9-16(15)20/h5-10,12,19H,2-4,11,13-14H2,1H3. The number of amides is 1. The molecular formula is C19H23FN2O. The summed E-state index contributed by atoms with van der Waals surface area (Å²) in [5.74, 6) is -0.127. The van der Waals surface area contributed by atoms with E-state index in [1.54, 1.807) is 12.1 Å². The molecule has 0 N–H and O–H groups in total. The second-order valence-corrected chi connectivity index (χ2v) is 6.09. The predicted octanol–water partition coefficient (Wildman–Crippen LogP) is 4.14. The van der Waals surface area contributed by atoms with Gasteiger partial charge in [0.05, 0.1) is 0 Å². The second-order valence-electron chi connectivity index (χ2n) is 6.09. The van der Waals surface area contributed by atoms with Crippen LogP contribution in [-0.2, 0) is 11.3 Å². The van der Waals surface area contributed by atoms with Crippen LogP contribution in [0.2, 0.25) is 0 Å². The van der Waals surface area contributed by atoms with Crippen LogP contribution in [0.5, 0.6) is 0 Å². The minimum absolute atomic E-state index is 0.124. The number of aromatic nitrogens is 1. The molecule has 2 aromatic rings. The van der Waals surface area contributed by atoms with E-state index in [0.29, 0.717) is 18.5 Å². The molecule has 1 unspecified atom stereocenters. The highest BCUT2D eigenvalue weighted by Gasteiger charge is 2.33. The molecule has 2 heterocycles. The van der Waals surface area contributed by atoms with E-state index in [4.69, 9.17) is 0 Å². The van der Waals surface area contributed by atoms with E-state index in [-0.39, 0.29) is 17.8 Å². The van der Waals surface area contributed by atoms with Crippen molar-refractivity contribution in [1.82, 2.24) is 9.47 Å². The number of hydrogen-bond donors (Lipinski definition) is 0. The van der Waals surface area contributed by atoms with Crippen molar-refractivity contribution in [2.24, 2.45) is 0 Å². The van der Waals surface area contributed by atoms with Crippen molar-refractivity contribution >= 4 is 5.91 Å². The zero-order chi connectivity index (χ0) is 16.2. The lowest BCUT2D eigenvalue weighted by Crippen LogP contribution is -2.42. The summed E-state index contributed by atoms with van der Waals surface area (Å²) in [5, 5.41) is 0. The summed E-state index contributed by atoms with van der Waals surface area (Å²) in [6, 6.07) is 10.4. The van der Waals surface area contributed by atoms with Crippen molar-refractivity contribution < 1.29 is 9.18 Å². The van der Waals surface area contributed by atoms with Crippen LogP contribution in [0.25, 0.3) is 0 Å². The number of fused-ring (bicyclic) bond motifs is 1. The predicted molar refractivity (Wildman–Crippen MR) is 88.5 cm³/mol. The average molecular weight is 314 g/mol. The van der Waals surface area contributed by atoms with Gasteiger partial charge in [0, 0.05) is 37.0 Å². The van der Waals surface area contributed by atoms with Crippen molar-refractivity contribution in [3.63, 3.8) is 0 Å². The largest absolute Gasteiger partial charge is 0.348 e. The number of halogens is 1. The molecule has 0 saturated heterocycles. The maximum absolute atomic E-state index is 14.4. The van der Waals surface area contributed by atoms with Gasteiger partial charge in [-0.2, -0.15) is 0 Å². The van der Waals surface area contributed by atoms with E-state index in [9.17, 15) is 9.18 Å². The van der Waals surface area contributed by atoms with Gasteiger partial charge in [-0.05, 0) is 24.6 Å². The van der Waals surface area contributed by atoms with Crippen molar-refractivity contribution in [3.8, 4) is 0 Å². The summed E-state index contributed by atoms with van der Waals surface area (Å²) in [7, 11) is 0. The van der Waals surface area contributed by atoms with E-state index in [1.807, 2.05) is 29.3 Å². The SMILES string of the molecule is CCCCCC(=O)N1CCn2cccc2C1c1ccccc1F. The third kappa shape index (κ3) is 3.16. The number of carbonyl (C=O) groups is 1. The molecule has 3 rings (SSSR count). The first kappa shape index (κ1) is 15.8. The topological polar surface area (TPSA) is 25.2 Å². The third-order valence-electron chi connectivity index (χ3n) is 4.55. The normalized spacial score (nSPS) is 17.1. The molecule has 122 valence electrons. The summed E-state index contributed by atoms with van der Waals surface area (Å²) < 4.78 is 16.5. The molecule has 1 amide bonds. The molecule has 4 heteroatoms. The number of carbonyl (C=O) groups excluding carboxylic acids is 1. The minimum Gasteiger partial charge on any atom is -0.348 e. The Labute approximate surface area is 136 Å². The number of nitrogens with zero attached hydrogens (tertiary/aromatic N) is 2. The monoisotopic (exact) mass is 314 g/mol.